The van der Waals surface area contributed by atoms with Crippen LogP contribution in [0.3, 0.4) is 0 Å². The zero-order valence-corrected chi connectivity index (χ0v) is 8.76. The van der Waals surface area contributed by atoms with Gasteiger partial charge in [0.05, 0.1) is 0 Å². The van der Waals surface area contributed by atoms with Crippen LogP contribution in [0, 0.1) is 5.92 Å². The molecule has 0 saturated carbocycles. The average molecular weight is 220 g/mol. The van der Waals surface area contributed by atoms with Crippen molar-refractivity contribution < 1.29 is 13.2 Å². The lowest BCUT2D eigenvalue weighted by Gasteiger charge is -2.14. The zero-order chi connectivity index (χ0) is 9.61. The first kappa shape index (κ1) is 15.5. The van der Waals surface area contributed by atoms with E-state index in [1.165, 1.54) is 0 Å². The molecule has 13 heavy (non-hydrogen) atoms. The second-order valence-electron chi connectivity index (χ2n) is 2.99. The first-order valence-electron chi connectivity index (χ1n) is 4.21. The third-order valence-electron chi connectivity index (χ3n) is 1.91. The van der Waals surface area contributed by atoms with Gasteiger partial charge in [0.2, 0.25) is 0 Å². The molecule has 0 aromatic carbocycles. The van der Waals surface area contributed by atoms with Gasteiger partial charge in [-0.3, -0.25) is 0 Å². The Bertz CT molecular complexity index is 116. The van der Waals surface area contributed by atoms with Gasteiger partial charge in [-0.1, -0.05) is 13.3 Å². The van der Waals surface area contributed by atoms with Crippen LogP contribution in [0.2, 0.25) is 0 Å². The second-order valence-corrected chi connectivity index (χ2v) is 2.99. The largest absolute Gasteiger partial charge is 0.389 e. The number of hydrogen-bond acceptors (Lipinski definition) is 1. The third kappa shape index (κ3) is 9.96. The van der Waals surface area contributed by atoms with Crippen LogP contribution < -0.4 is 5.32 Å². The molecular formula is C8H17ClF3N. The summed E-state index contributed by atoms with van der Waals surface area (Å²) in [5.41, 5.74) is 0. The van der Waals surface area contributed by atoms with Crippen LogP contribution in [0.25, 0.3) is 0 Å². The lowest BCUT2D eigenvalue weighted by Crippen LogP contribution is -2.20. The topological polar surface area (TPSA) is 12.0 Å². The standard InChI is InChI=1S/C8H16F3N.ClH/c1-3-7(6-12-2)4-5-8(9,10)11;/h7,12H,3-6H2,1-2H3;1H. The molecular weight excluding hydrogens is 203 g/mol. The van der Waals surface area contributed by atoms with Crippen molar-refractivity contribution in [3.8, 4) is 0 Å². The van der Waals surface area contributed by atoms with Crippen molar-refractivity contribution in [3.63, 3.8) is 0 Å². The molecule has 0 amide bonds. The third-order valence-corrected chi connectivity index (χ3v) is 1.91. The smallest absolute Gasteiger partial charge is 0.319 e. The highest BCUT2D eigenvalue weighted by molar-refractivity contribution is 5.85. The molecule has 1 N–H and O–H groups in total. The van der Waals surface area contributed by atoms with Gasteiger partial charge in [0.1, 0.15) is 0 Å². The SMILES string of the molecule is CCC(CCC(F)(F)F)CNC.Cl. The van der Waals surface area contributed by atoms with Crippen molar-refractivity contribution in [2.24, 2.45) is 5.92 Å². The Kier molecular flexibility index (Phi) is 8.88. The van der Waals surface area contributed by atoms with Crippen LogP contribution >= 0.6 is 12.4 Å². The summed E-state index contributed by atoms with van der Waals surface area (Å²) in [6.45, 7) is 2.59. The quantitative estimate of drug-likeness (QED) is 0.750. The Hall–Kier alpha value is 0.0400. The number of halogens is 4. The average Bonchev–Trinajstić information content (AvgIpc) is 1.96. The molecule has 0 aliphatic carbocycles. The lowest BCUT2D eigenvalue weighted by molar-refractivity contribution is -0.137. The normalized spacial score (nSPS) is 13.6. The summed E-state index contributed by atoms with van der Waals surface area (Å²) < 4.78 is 35.3. The maximum Gasteiger partial charge on any atom is 0.389 e. The summed E-state index contributed by atoms with van der Waals surface area (Å²) in [5.74, 6) is 0.150. The Morgan fingerprint density at radius 1 is 1.31 bits per heavy atom. The van der Waals surface area contributed by atoms with Gasteiger partial charge >= 0.3 is 6.18 Å². The van der Waals surface area contributed by atoms with E-state index in [9.17, 15) is 13.2 Å². The summed E-state index contributed by atoms with van der Waals surface area (Å²) in [6, 6.07) is 0. The molecule has 0 aliphatic heterocycles. The molecule has 0 bridgehead atoms. The van der Waals surface area contributed by atoms with Gasteiger partial charge in [-0.15, -0.1) is 12.4 Å². The Balaban J connectivity index is 0. The van der Waals surface area contributed by atoms with Crippen molar-refractivity contribution in [3.05, 3.63) is 0 Å². The molecule has 0 aliphatic rings. The Morgan fingerprint density at radius 3 is 2.15 bits per heavy atom. The molecule has 1 nitrogen and oxygen atoms in total. The van der Waals surface area contributed by atoms with E-state index in [1.54, 1.807) is 7.05 Å². The van der Waals surface area contributed by atoms with Gasteiger partial charge in [0.15, 0.2) is 0 Å². The fraction of sp³-hybridized carbons (Fsp3) is 1.00. The van der Waals surface area contributed by atoms with E-state index in [0.29, 0.717) is 6.54 Å². The van der Waals surface area contributed by atoms with Crippen LogP contribution in [0.1, 0.15) is 26.2 Å². The summed E-state index contributed by atoms with van der Waals surface area (Å²) in [4.78, 5) is 0. The van der Waals surface area contributed by atoms with Crippen molar-refractivity contribution >= 4 is 12.4 Å². The van der Waals surface area contributed by atoms with Gasteiger partial charge in [-0.25, -0.2) is 0 Å². The van der Waals surface area contributed by atoms with Gasteiger partial charge in [-0.05, 0) is 25.9 Å². The van der Waals surface area contributed by atoms with Crippen LogP contribution in [0.4, 0.5) is 13.2 Å². The van der Waals surface area contributed by atoms with Crippen molar-refractivity contribution in [1.82, 2.24) is 5.32 Å². The lowest BCUT2D eigenvalue weighted by atomic mass is 10.0. The van der Waals surface area contributed by atoms with E-state index in [2.05, 4.69) is 5.32 Å². The number of alkyl halides is 3. The molecule has 0 aromatic heterocycles. The predicted octanol–water partition coefficient (Wildman–Crippen LogP) is 3.00. The number of rotatable bonds is 5. The maximum absolute atomic E-state index is 11.8. The highest BCUT2D eigenvalue weighted by Gasteiger charge is 2.27. The first-order chi connectivity index (χ1) is 5.49. The van der Waals surface area contributed by atoms with Gasteiger partial charge in [0.25, 0.3) is 0 Å². The first-order valence-corrected chi connectivity index (χ1v) is 4.21. The van der Waals surface area contributed by atoms with Gasteiger partial charge in [0, 0.05) is 6.42 Å². The monoisotopic (exact) mass is 219 g/mol. The Labute approximate surface area is 83.5 Å². The van der Waals surface area contributed by atoms with Gasteiger partial charge in [-0.2, -0.15) is 13.2 Å². The number of hydrogen-bond donors (Lipinski definition) is 1. The molecule has 5 heteroatoms. The van der Waals surface area contributed by atoms with E-state index in [4.69, 9.17) is 0 Å². The summed E-state index contributed by atoms with van der Waals surface area (Å²) in [6.07, 6.45) is -3.62. The molecule has 82 valence electrons. The minimum absolute atomic E-state index is 0. The molecule has 1 unspecified atom stereocenters. The fourth-order valence-electron chi connectivity index (χ4n) is 1.11. The zero-order valence-electron chi connectivity index (χ0n) is 7.95. The minimum atomic E-state index is -4.00. The molecule has 0 heterocycles. The molecule has 0 radical (unpaired) electrons. The highest BCUT2D eigenvalue weighted by atomic mass is 35.5. The minimum Gasteiger partial charge on any atom is -0.319 e. The second kappa shape index (κ2) is 7.44. The maximum atomic E-state index is 11.8. The van der Waals surface area contributed by atoms with Crippen LogP contribution in [-0.4, -0.2) is 19.8 Å². The van der Waals surface area contributed by atoms with E-state index in [0.717, 1.165) is 6.42 Å². The predicted molar refractivity (Wildman–Crippen MR) is 50.2 cm³/mol. The van der Waals surface area contributed by atoms with E-state index < -0.39 is 12.6 Å². The van der Waals surface area contributed by atoms with Gasteiger partial charge < -0.3 is 5.32 Å². The van der Waals surface area contributed by atoms with Crippen LogP contribution in [0.15, 0.2) is 0 Å². The summed E-state index contributed by atoms with van der Waals surface area (Å²) in [5, 5.41) is 2.89. The molecule has 0 saturated heterocycles. The van der Waals surface area contributed by atoms with Crippen LogP contribution in [-0.2, 0) is 0 Å². The van der Waals surface area contributed by atoms with E-state index in [-0.39, 0.29) is 24.7 Å². The van der Waals surface area contributed by atoms with Crippen molar-refractivity contribution in [2.75, 3.05) is 13.6 Å². The van der Waals surface area contributed by atoms with E-state index >= 15 is 0 Å². The molecule has 1 atom stereocenters. The highest BCUT2D eigenvalue weighted by Crippen LogP contribution is 2.24. The van der Waals surface area contributed by atoms with Crippen molar-refractivity contribution in [1.29, 1.82) is 0 Å². The Morgan fingerprint density at radius 2 is 1.85 bits per heavy atom. The van der Waals surface area contributed by atoms with Crippen LogP contribution in [0.5, 0.6) is 0 Å². The van der Waals surface area contributed by atoms with E-state index in [1.807, 2.05) is 6.92 Å². The van der Waals surface area contributed by atoms with Crippen molar-refractivity contribution in [2.45, 2.75) is 32.4 Å². The molecule has 0 aromatic rings. The molecule has 0 fully saturated rings. The number of nitrogens with one attached hydrogen (secondary N) is 1. The summed E-state index contributed by atoms with van der Waals surface area (Å²) in [7, 11) is 1.76. The molecule has 0 rings (SSSR count). The fourth-order valence-corrected chi connectivity index (χ4v) is 1.11. The molecule has 0 spiro atoms. The summed E-state index contributed by atoms with van der Waals surface area (Å²) >= 11 is 0.